The largest absolute Gasteiger partial charge is 0.393 e. The molecule has 0 aromatic carbocycles. The maximum absolute atomic E-state index is 11.6. The summed E-state index contributed by atoms with van der Waals surface area (Å²) in [5.41, 5.74) is -0.244. The molecule has 1 heterocycles. The Morgan fingerprint density at radius 2 is 2.06 bits per heavy atom. The van der Waals surface area contributed by atoms with Crippen LogP contribution in [0.15, 0.2) is 12.4 Å². The van der Waals surface area contributed by atoms with E-state index < -0.39 is 18.1 Å². The van der Waals surface area contributed by atoms with Gasteiger partial charge in [-0.1, -0.05) is 20.8 Å². The van der Waals surface area contributed by atoms with Crippen molar-refractivity contribution in [1.29, 1.82) is 0 Å². The third-order valence-corrected chi connectivity index (χ3v) is 2.11. The Labute approximate surface area is 99.7 Å². The molecule has 0 aliphatic rings. The van der Waals surface area contributed by atoms with Crippen molar-refractivity contribution < 1.29 is 15.0 Å². The Balaban J connectivity index is 2.72. The van der Waals surface area contributed by atoms with E-state index in [1.54, 1.807) is 20.8 Å². The first-order chi connectivity index (χ1) is 7.84. The van der Waals surface area contributed by atoms with Crippen LogP contribution in [0.2, 0.25) is 0 Å². The number of nitrogens with zero attached hydrogens (tertiary/aromatic N) is 2. The van der Waals surface area contributed by atoms with E-state index in [2.05, 4.69) is 15.3 Å². The molecule has 6 nitrogen and oxygen atoms in total. The molecule has 0 fully saturated rings. The number of aromatic nitrogens is 2. The minimum atomic E-state index is -1.05. The number of carbonyl (C=O) groups is 1. The number of hydrogen-bond acceptors (Lipinski definition) is 5. The summed E-state index contributed by atoms with van der Waals surface area (Å²) in [5.74, 6) is 0.154. The molecule has 0 aliphatic carbocycles. The molecule has 1 aromatic heterocycles. The van der Waals surface area contributed by atoms with Crippen LogP contribution in [0.1, 0.15) is 32.6 Å². The van der Waals surface area contributed by atoms with Crippen LogP contribution in [0, 0.1) is 5.41 Å². The van der Waals surface area contributed by atoms with E-state index in [1.807, 2.05) is 0 Å². The Morgan fingerprint density at radius 1 is 1.41 bits per heavy atom. The molecule has 0 saturated carbocycles. The minimum Gasteiger partial charge on any atom is -0.393 e. The van der Waals surface area contributed by atoms with Crippen molar-refractivity contribution in [2.45, 2.75) is 26.9 Å². The zero-order chi connectivity index (χ0) is 13.1. The van der Waals surface area contributed by atoms with Gasteiger partial charge in [0.2, 0.25) is 5.91 Å². The number of rotatable bonds is 3. The van der Waals surface area contributed by atoms with Gasteiger partial charge in [0.05, 0.1) is 24.7 Å². The lowest BCUT2D eigenvalue weighted by atomic mass is 9.96. The SMILES string of the molecule is CC(C)(C)C(=O)Nc1cnc([C@H](O)CO)cn1. The second kappa shape index (κ2) is 5.20. The second-order valence-electron chi connectivity index (χ2n) is 4.73. The lowest BCUT2D eigenvalue weighted by Crippen LogP contribution is -2.28. The highest BCUT2D eigenvalue weighted by atomic mass is 16.3. The number of aliphatic hydroxyl groups excluding tert-OH is 2. The predicted molar refractivity (Wildman–Crippen MR) is 62.2 cm³/mol. The molecular weight excluding hydrogens is 222 g/mol. The van der Waals surface area contributed by atoms with Crippen LogP contribution in [0.5, 0.6) is 0 Å². The fraction of sp³-hybridized carbons (Fsp3) is 0.545. The standard InChI is InChI=1S/C11H17N3O3/c1-11(2,3)10(17)14-9-5-12-7(4-13-9)8(16)6-15/h4-5,8,15-16H,6H2,1-3H3,(H,13,14,17)/t8-/m1/s1. The normalized spacial score (nSPS) is 13.2. The zero-order valence-corrected chi connectivity index (χ0v) is 10.1. The molecule has 1 aromatic rings. The monoisotopic (exact) mass is 239 g/mol. The number of amides is 1. The lowest BCUT2D eigenvalue weighted by Gasteiger charge is -2.17. The number of hydrogen-bond donors (Lipinski definition) is 3. The fourth-order valence-corrected chi connectivity index (χ4v) is 0.972. The van der Waals surface area contributed by atoms with Gasteiger partial charge in [-0.3, -0.25) is 9.78 Å². The first kappa shape index (κ1) is 13.5. The Bertz CT molecular complexity index is 384. The van der Waals surface area contributed by atoms with Gasteiger partial charge < -0.3 is 15.5 Å². The first-order valence-corrected chi connectivity index (χ1v) is 5.27. The van der Waals surface area contributed by atoms with Crippen LogP contribution in [0.25, 0.3) is 0 Å². The minimum absolute atomic E-state index is 0.165. The zero-order valence-electron chi connectivity index (χ0n) is 10.1. The van der Waals surface area contributed by atoms with E-state index in [0.717, 1.165) is 0 Å². The van der Waals surface area contributed by atoms with Gasteiger partial charge in [-0.15, -0.1) is 0 Å². The van der Waals surface area contributed by atoms with Crippen molar-refractivity contribution in [2.24, 2.45) is 5.41 Å². The summed E-state index contributed by atoms with van der Waals surface area (Å²) in [6.07, 6.45) is 1.62. The van der Waals surface area contributed by atoms with Crippen molar-refractivity contribution in [3.05, 3.63) is 18.1 Å². The van der Waals surface area contributed by atoms with E-state index in [-0.39, 0.29) is 11.6 Å². The Kier molecular flexibility index (Phi) is 4.14. The Morgan fingerprint density at radius 3 is 2.47 bits per heavy atom. The topological polar surface area (TPSA) is 95.3 Å². The van der Waals surface area contributed by atoms with Gasteiger partial charge in [0.15, 0.2) is 5.82 Å². The lowest BCUT2D eigenvalue weighted by molar-refractivity contribution is -0.123. The second-order valence-corrected chi connectivity index (χ2v) is 4.73. The highest BCUT2D eigenvalue weighted by molar-refractivity contribution is 5.93. The van der Waals surface area contributed by atoms with Gasteiger partial charge in [-0.05, 0) is 0 Å². The summed E-state index contributed by atoms with van der Waals surface area (Å²) in [5, 5.41) is 20.6. The molecule has 17 heavy (non-hydrogen) atoms. The maximum Gasteiger partial charge on any atom is 0.230 e. The van der Waals surface area contributed by atoms with E-state index in [4.69, 9.17) is 5.11 Å². The van der Waals surface area contributed by atoms with Crippen LogP contribution in [0.3, 0.4) is 0 Å². The molecule has 1 atom stereocenters. The van der Waals surface area contributed by atoms with E-state index >= 15 is 0 Å². The van der Waals surface area contributed by atoms with E-state index in [9.17, 15) is 9.90 Å². The molecule has 0 aliphatic heterocycles. The van der Waals surface area contributed by atoms with Crippen LogP contribution >= 0.6 is 0 Å². The third kappa shape index (κ3) is 3.76. The van der Waals surface area contributed by atoms with Crippen molar-refractivity contribution in [3.8, 4) is 0 Å². The molecule has 0 spiro atoms. The molecule has 1 amide bonds. The van der Waals surface area contributed by atoms with Crippen molar-refractivity contribution in [2.75, 3.05) is 11.9 Å². The summed E-state index contributed by atoms with van der Waals surface area (Å²) in [4.78, 5) is 19.5. The smallest absolute Gasteiger partial charge is 0.230 e. The molecule has 0 unspecified atom stereocenters. The summed E-state index contributed by atoms with van der Waals surface area (Å²) in [7, 11) is 0. The number of anilines is 1. The first-order valence-electron chi connectivity index (χ1n) is 5.27. The van der Waals surface area contributed by atoms with Gasteiger partial charge in [0, 0.05) is 5.41 Å². The van der Waals surface area contributed by atoms with Crippen molar-refractivity contribution >= 4 is 11.7 Å². The molecule has 3 N–H and O–H groups in total. The van der Waals surface area contributed by atoms with Crippen LogP contribution in [-0.2, 0) is 4.79 Å². The van der Waals surface area contributed by atoms with Gasteiger partial charge in [-0.25, -0.2) is 4.98 Å². The van der Waals surface area contributed by atoms with Gasteiger partial charge in [0.1, 0.15) is 6.10 Å². The molecule has 94 valence electrons. The molecule has 0 saturated heterocycles. The summed E-state index contributed by atoms with van der Waals surface area (Å²) >= 11 is 0. The summed E-state index contributed by atoms with van der Waals surface area (Å²) in [6.45, 7) is 4.96. The van der Waals surface area contributed by atoms with Gasteiger partial charge in [-0.2, -0.15) is 0 Å². The number of carbonyl (C=O) groups excluding carboxylic acids is 1. The molecule has 1 rings (SSSR count). The fourth-order valence-electron chi connectivity index (χ4n) is 0.972. The maximum atomic E-state index is 11.6. The molecule has 6 heteroatoms. The molecule has 0 bridgehead atoms. The highest BCUT2D eigenvalue weighted by Gasteiger charge is 2.21. The van der Waals surface area contributed by atoms with Crippen molar-refractivity contribution in [3.63, 3.8) is 0 Å². The van der Waals surface area contributed by atoms with E-state index in [0.29, 0.717) is 5.82 Å². The van der Waals surface area contributed by atoms with Gasteiger partial charge >= 0.3 is 0 Å². The van der Waals surface area contributed by atoms with Crippen molar-refractivity contribution in [1.82, 2.24) is 9.97 Å². The van der Waals surface area contributed by atoms with Crippen LogP contribution < -0.4 is 5.32 Å². The Hall–Kier alpha value is -1.53. The molecular formula is C11H17N3O3. The quantitative estimate of drug-likeness (QED) is 0.713. The highest BCUT2D eigenvalue weighted by Crippen LogP contribution is 2.16. The third-order valence-electron chi connectivity index (χ3n) is 2.11. The average Bonchev–Trinajstić information content (AvgIpc) is 2.27. The number of aliphatic hydroxyl groups is 2. The average molecular weight is 239 g/mol. The summed E-state index contributed by atoms with van der Waals surface area (Å²) in [6, 6.07) is 0. The predicted octanol–water partition coefficient (Wildman–Crippen LogP) is 0.487. The van der Waals surface area contributed by atoms with Crippen LogP contribution in [0.4, 0.5) is 5.82 Å². The summed E-state index contributed by atoms with van der Waals surface area (Å²) < 4.78 is 0. The van der Waals surface area contributed by atoms with E-state index in [1.165, 1.54) is 12.4 Å². The van der Waals surface area contributed by atoms with Gasteiger partial charge in [0.25, 0.3) is 0 Å². The van der Waals surface area contributed by atoms with Crippen LogP contribution in [-0.4, -0.2) is 32.7 Å². The number of nitrogens with one attached hydrogen (secondary N) is 1. The molecule has 0 radical (unpaired) electrons.